The topological polar surface area (TPSA) is 44.5 Å². The zero-order chi connectivity index (χ0) is 10.2. The first-order valence-corrected chi connectivity index (χ1v) is 4.92. The molecule has 0 rings (SSSR count). The maximum Gasteiger partial charge on any atom is 0.0700 e. The third-order valence-electron chi connectivity index (χ3n) is 1.40. The first kappa shape index (κ1) is 12.9. The van der Waals surface area contributed by atoms with Crippen molar-refractivity contribution in [3.63, 3.8) is 0 Å². The second-order valence-electron chi connectivity index (χ2n) is 4.37. The van der Waals surface area contributed by atoms with Crippen molar-refractivity contribution in [2.24, 2.45) is 11.1 Å². The summed E-state index contributed by atoms with van der Waals surface area (Å²) in [5.74, 6) is 0. The van der Waals surface area contributed by atoms with Crippen molar-refractivity contribution in [2.45, 2.75) is 27.2 Å². The molecule has 2 N–H and O–H groups in total. The molecule has 13 heavy (non-hydrogen) atoms. The van der Waals surface area contributed by atoms with Gasteiger partial charge in [0.15, 0.2) is 0 Å². The molecule has 0 spiro atoms. The molecule has 0 amide bonds. The Hall–Kier alpha value is -0.120. The van der Waals surface area contributed by atoms with Gasteiger partial charge in [0.1, 0.15) is 0 Å². The molecule has 0 unspecified atom stereocenters. The molecule has 0 saturated carbocycles. The molecule has 0 fully saturated rings. The highest BCUT2D eigenvalue weighted by Crippen LogP contribution is 2.12. The summed E-state index contributed by atoms with van der Waals surface area (Å²) in [5, 5.41) is 0. The van der Waals surface area contributed by atoms with Crippen LogP contribution in [0.1, 0.15) is 27.2 Å². The summed E-state index contributed by atoms with van der Waals surface area (Å²) >= 11 is 0. The highest BCUT2D eigenvalue weighted by Gasteiger charge is 2.09. The lowest BCUT2D eigenvalue weighted by atomic mass is 9.99. The van der Waals surface area contributed by atoms with Gasteiger partial charge in [-0.25, -0.2) is 0 Å². The molecular weight excluding hydrogens is 166 g/mol. The summed E-state index contributed by atoms with van der Waals surface area (Å²) in [7, 11) is 0. The van der Waals surface area contributed by atoms with Crippen LogP contribution in [0.25, 0.3) is 0 Å². The van der Waals surface area contributed by atoms with Crippen LogP contribution in [0.2, 0.25) is 0 Å². The summed E-state index contributed by atoms with van der Waals surface area (Å²) in [6, 6.07) is 0. The first-order valence-electron chi connectivity index (χ1n) is 4.92. The summed E-state index contributed by atoms with van der Waals surface area (Å²) in [6.07, 6.45) is 0.930. The van der Waals surface area contributed by atoms with Crippen molar-refractivity contribution in [3.8, 4) is 0 Å². The molecule has 0 aromatic heterocycles. The highest BCUT2D eigenvalue weighted by molar-refractivity contribution is 4.58. The molecule has 0 bridgehead atoms. The minimum absolute atomic E-state index is 0.247. The van der Waals surface area contributed by atoms with Crippen LogP contribution in [0.3, 0.4) is 0 Å². The van der Waals surface area contributed by atoms with Crippen LogP contribution in [0.4, 0.5) is 0 Å². The minimum atomic E-state index is 0.247. The van der Waals surface area contributed by atoms with Gasteiger partial charge in [-0.1, -0.05) is 20.8 Å². The average Bonchev–Trinajstić information content (AvgIpc) is 2.01. The van der Waals surface area contributed by atoms with Crippen molar-refractivity contribution in [2.75, 3.05) is 33.0 Å². The maximum atomic E-state index is 5.42. The summed E-state index contributed by atoms with van der Waals surface area (Å²) < 4.78 is 10.7. The monoisotopic (exact) mass is 189 g/mol. The maximum absolute atomic E-state index is 5.42. The van der Waals surface area contributed by atoms with E-state index in [0.717, 1.165) is 19.6 Å². The fourth-order valence-corrected chi connectivity index (χ4v) is 0.784. The molecule has 0 aliphatic heterocycles. The van der Waals surface area contributed by atoms with E-state index in [2.05, 4.69) is 20.8 Å². The van der Waals surface area contributed by atoms with Crippen molar-refractivity contribution in [3.05, 3.63) is 0 Å². The lowest BCUT2D eigenvalue weighted by Crippen LogP contribution is -2.17. The van der Waals surface area contributed by atoms with Gasteiger partial charge >= 0.3 is 0 Å². The van der Waals surface area contributed by atoms with Crippen LogP contribution in [-0.2, 0) is 9.47 Å². The minimum Gasteiger partial charge on any atom is -0.379 e. The van der Waals surface area contributed by atoms with Gasteiger partial charge in [0, 0.05) is 6.61 Å². The average molecular weight is 189 g/mol. The van der Waals surface area contributed by atoms with E-state index in [0.29, 0.717) is 19.8 Å². The van der Waals surface area contributed by atoms with Crippen molar-refractivity contribution < 1.29 is 9.47 Å². The predicted octanol–water partition coefficient (Wildman–Crippen LogP) is 1.41. The zero-order valence-corrected chi connectivity index (χ0v) is 9.14. The molecule has 0 atom stereocenters. The molecule has 0 saturated heterocycles. The third-order valence-corrected chi connectivity index (χ3v) is 1.40. The van der Waals surface area contributed by atoms with E-state index in [1.165, 1.54) is 0 Å². The second kappa shape index (κ2) is 7.30. The molecular formula is C10H23NO2. The molecule has 3 nitrogen and oxygen atoms in total. The van der Waals surface area contributed by atoms with Crippen molar-refractivity contribution in [1.82, 2.24) is 0 Å². The van der Waals surface area contributed by atoms with Gasteiger partial charge in [-0.15, -0.1) is 0 Å². The van der Waals surface area contributed by atoms with E-state index >= 15 is 0 Å². The number of ether oxygens (including phenoxy) is 2. The van der Waals surface area contributed by atoms with Crippen LogP contribution < -0.4 is 5.73 Å². The largest absolute Gasteiger partial charge is 0.379 e. The summed E-state index contributed by atoms with van der Waals surface area (Å²) in [5.41, 5.74) is 5.56. The van der Waals surface area contributed by atoms with Gasteiger partial charge in [-0.3, -0.25) is 0 Å². The van der Waals surface area contributed by atoms with Crippen LogP contribution >= 0.6 is 0 Å². The molecule has 0 aromatic rings. The van der Waals surface area contributed by atoms with E-state index in [-0.39, 0.29) is 5.41 Å². The van der Waals surface area contributed by atoms with Gasteiger partial charge in [0.25, 0.3) is 0 Å². The smallest absolute Gasteiger partial charge is 0.0700 e. The number of nitrogens with two attached hydrogens (primary N) is 1. The molecule has 0 aliphatic rings. The zero-order valence-electron chi connectivity index (χ0n) is 9.14. The van der Waals surface area contributed by atoms with E-state index < -0.39 is 0 Å². The van der Waals surface area contributed by atoms with Gasteiger partial charge in [-0.05, 0) is 18.4 Å². The van der Waals surface area contributed by atoms with E-state index in [9.17, 15) is 0 Å². The standard InChI is InChI=1S/C10H23NO2/c1-10(2,3)9-13-8-7-12-6-4-5-11/h4-9,11H2,1-3H3. The molecule has 0 heterocycles. The van der Waals surface area contributed by atoms with Gasteiger partial charge in [-0.2, -0.15) is 0 Å². The lowest BCUT2D eigenvalue weighted by molar-refractivity contribution is 0.0193. The van der Waals surface area contributed by atoms with Crippen LogP contribution in [0.5, 0.6) is 0 Å². The fourth-order valence-electron chi connectivity index (χ4n) is 0.784. The fraction of sp³-hybridized carbons (Fsp3) is 1.00. The molecule has 3 heteroatoms. The lowest BCUT2D eigenvalue weighted by Gasteiger charge is -2.17. The molecule has 0 aromatic carbocycles. The summed E-state index contributed by atoms with van der Waals surface area (Å²) in [6.45, 7) is 10.1. The number of hydrogen-bond donors (Lipinski definition) is 1. The molecule has 0 aliphatic carbocycles. The number of rotatable bonds is 7. The Kier molecular flexibility index (Phi) is 7.23. The van der Waals surface area contributed by atoms with E-state index in [4.69, 9.17) is 15.2 Å². The Morgan fingerprint density at radius 1 is 1.00 bits per heavy atom. The van der Waals surface area contributed by atoms with E-state index in [1.54, 1.807) is 0 Å². The van der Waals surface area contributed by atoms with Gasteiger partial charge < -0.3 is 15.2 Å². The predicted molar refractivity (Wildman–Crippen MR) is 54.8 cm³/mol. The quantitative estimate of drug-likeness (QED) is 0.616. The van der Waals surface area contributed by atoms with Gasteiger partial charge in [0.2, 0.25) is 0 Å². The Morgan fingerprint density at radius 2 is 1.62 bits per heavy atom. The normalized spacial score (nSPS) is 12.0. The van der Waals surface area contributed by atoms with Crippen molar-refractivity contribution >= 4 is 0 Å². The molecule has 0 radical (unpaired) electrons. The van der Waals surface area contributed by atoms with Gasteiger partial charge in [0.05, 0.1) is 19.8 Å². The van der Waals surface area contributed by atoms with Crippen molar-refractivity contribution in [1.29, 1.82) is 0 Å². The van der Waals surface area contributed by atoms with Crippen LogP contribution in [0.15, 0.2) is 0 Å². The van der Waals surface area contributed by atoms with E-state index in [1.807, 2.05) is 0 Å². The van der Waals surface area contributed by atoms with Crippen LogP contribution in [-0.4, -0.2) is 33.0 Å². The Morgan fingerprint density at radius 3 is 2.15 bits per heavy atom. The first-order chi connectivity index (χ1) is 6.06. The Balaban J connectivity index is 3.00. The third kappa shape index (κ3) is 11.9. The second-order valence-corrected chi connectivity index (χ2v) is 4.37. The SMILES string of the molecule is CC(C)(C)COCCOCCCN. The Labute approximate surface area is 81.6 Å². The van der Waals surface area contributed by atoms with Crippen LogP contribution in [0, 0.1) is 5.41 Å². The molecule has 80 valence electrons. The Bertz CT molecular complexity index is 110. The summed E-state index contributed by atoms with van der Waals surface area (Å²) in [4.78, 5) is 0. The number of hydrogen-bond acceptors (Lipinski definition) is 3. The highest BCUT2D eigenvalue weighted by atomic mass is 16.5.